The third kappa shape index (κ3) is 3.25. The number of hydrogen-bond donors (Lipinski definition) is 1. The van der Waals surface area contributed by atoms with E-state index >= 15 is 0 Å². The van der Waals surface area contributed by atoms with E-state index in [9.17, 15) is 0 Å². The Kier molecular flexibility index (Phi) is 4.26. The summed E-state index contributed by atoms with van der Waals surface area (Å²) in [6, 6.07) is 0.818. The lowest BCUT2D eigenvalue weighted by atomic mass is 10.1. The summed E-state index contributed by atoms with van der Waals surface area (Å²) in [4.78, 5) is 0. The van der Waals surface area contributed by atoms with Gasteiger partial charge in [-0.2, -0.15) is 0 Å². The Morgan fingerprint density at radius 3 is 2.50 bits per heavy atom. The number of ether oxygens (including phenoxy) is 1. The first-order valence-corrected chi connectivity index (χ1v) is 6.30. The molecule has 2 nitrogen and oxygen atoms in total. The molecular formula is C12H23NO. The highest BCUT2D eigenvalue weighted by molar-refractivity contribution is 4.74. The van der Waals surface area contributed by atoms with Gasteiger partial charge in [-0.3, -0.25) is 0 Å². The average molecular weight is 197 g/mol. The molecule has 0 spiro atoms. The molecule has 1 saturated carbocycles. The van der Waals surface area contributed by atoms with Crippen molar-refractivity contribution in [3.05, 3.63) is 0 Å². The molecule has 14 heavy (non-hydrogen) atoms. The topological polar surface area (TPSA) is 21.3 Å². The Labute approximate surface area is 87.4 Å². The summed E-state index contributed by atoms with van der Waals surface area (Å²) < 4.78 is 5.70. The Balaban J connectivity index is 1.52. The van der Waals surface area contributed by atoms with Gasteiger partial charge in [0.15, 0.2) is 0 Å². The maximum atomic E-state index is 5.70. The molecule has 0 aromatic rings. The van der Waals surface area contributed by atoms with Crippen LogP contribution in [0.5, 0.6) is 0 Å². The van der Waals surface area contributed by atoms with Crippen LogP contribution < -0.4 is 5.32 Å². The molecule has 1 heterocycles. The van der Waals surface area contributed by atoms with E-state index in [4.69, 9.17) is 4.74 Å². The van der Waals surface area contributed by atoms with Gasteiger partial charge in [0.2, 0.25) is 0 Å². The molecule has 2 heteroatoms. The summed E-state index contributed by atoms with van der Waals surface area (Å²) in [5, 5.41) is 3.65. The number of hydrogen-bond acceptors (Lipinski definition) is 2. The highest BCUT2D eigenvalue weighted by Gasteiger charge is 2.16. The van der Waals surface area contributed by atoms with Gasteiger partial charge < -0.3 is 10.1 Å². The molecule has 2 rings (SSSR count). The second-order valence-corrected chi connectivity index (χ2v) is 4.71. The predicted octanol–water partition coefficient (Wildman–Crippen LogP) is 2.48. The lowest BCUT2D eigenvalue weighted by molar-refractivity contribution is 0.0112. The van der Waals surface area contributed by atoms with Crippen LogP contribution in [0.25, 0.3) is 0 Å². The normalized spacial score (nSPS) is 29.6. The van der Waals surface area contributed by atoms with Crippen molar-refractivity contribution in [1.82, 2.24) is 5.32 Å². The first-order chi connectivity index (χ1) is 6.95. The second kappa shape index (κ2) is 5.72. The summed E-state index contributed by atoms with van der Waals surface area (Å²) in [6.07, 6.45) is 11.3. The van der Waals surface area contributed by atoms with Crippen LogP contribution in [0.3, 0.4) is 0 Å². The molecule has 82 valence electrons. The molecule has 2 fully saturated rings. The van der Waals surface area contributed by atoms with Crippen molar-refractivity contribution in [2.75, 3.05) is 13.2 Å². The van der Waals surface area contributed by atoms with Crippen molar-refractivity contribution in [3.8, 4) is 0 Å². The van der Waals surface area contributed by atoms with E-state index in [-0.39, 0.29) is 0 Å². The Bertz CT molecular complexity index is 148. The van der Waals surface area contributed by atoms with Gasteiger partial charge in [0.05, 0.1) is 6.10 Å². The zero-order valence-corrected chi connectivity index (χ0v) is 9.13. The molecule has 2 aliphatic rings. The molecule has 1 N–H and O–H groups in total. The van der Waals surface area contributed by atoms with Crippen molar-refractivity contribution in [1.29, 1.82) is 0 Å². The fraction of sp³-hybridized carbons (Fsp3) is 1.00. The Hall–Kier alpha value is -0.0800. The minimum absolute atomic E-state index is 0.553. The zero-order chi connectivity index (χ0) is 9.64. The summed E-state index contributed by atoms with van der Waals surface area (Å²) in [7, 11) is 0. The van der Waals surface area contributed by atoms with Crippen molar-refractivity contribution < 1.29 is 4.74 Å². The first-order valence-electron chi connectivity index (χ1n) is 6.30. The summed E-state index contributed by atoms with van der Waals surface area (Å²) >= 11 is 0. The molecule has 1 aliphatic carbocycles. The third-order valence-electron chi connectivity index (χ3n) is 3.53. The summed E-state index contributed by atoms with van der Waals surface area (Å²) in [6.45, 7) is 2.16. The van der Waals surface area contributed by atoms with Crippen LogP contribution in [0.2, 0.25) is 0 Å². The molecule has 1 aliphatic heterocycles. The van der Waals surface area contributed by atoms with Gasteiger partial charge in [-0.25, -0.2) is 0 Å². The molecule has 1 saturated heterocycles. The largest absolute Gasteiger partial charge is 0.378 e. The highest BCUT2D eigenvalue weighted by Crippen LogP contribution is 2.18. The van der Waals surface area contributed by atoms with Crippen LogP contribution in [0.4, 0.5) is 0 Å². The van der Waals surface area contributed by atoms with Crippen LogP contribution in [-0.4, -0.2) is 25.3 Å². The molecule has 0 aromatic carbocycles. The van der Waals surface area contributed by atoms with Gasteiger partial charge in [-0.05, 0) is 45.1 Å². The smallest absolute Gasteiger partial charge is 0.0587 e. The van der Waals surface area contributed by atoms with E-state index in [0.29, 0.717) is 6.10 Å². The third-order valence-corrected chi connectivity index (χ3v) is 3.53. The maximum absolute atomic E-state index is 5.70. The second-order valence-electron chi connectivity index (χ2n) is 4.71. The molecule has 0 radical (unpaired) electrons. The fourth-order valence-electron chi connectivity index (χ4n) is 2.61. The monoisotopic (exact) mass is 197 g/mol. The van der Waals surface area contributed by atoms with Gasteiger partial charge in [0.25, 0.3) is 0 Å². The van der Waals surface area contributed by atoms with Crippen LogP contribution >= 0.6 is 0 Å². The SMILES string of the molecule is C1CCC(CCNC2CCCC2)OC1. The lowest BCUT2D eigenvalue weighted by Crippen LogP contribution is -2.30. The van der Waals surface area contributed by atoms with Gasteiger partial charge in [-0.1, -0.05) is 12.8 Å². The van der Waals surface area contributed by atoms with Crippen LogP contribution in [-0.2, 0) is 4.74 Å². The maximum Gasteiger partial charge on any atom is 0.0587 e. The van der Waals surface area contributed by atoms with Gasteiger partial charge in [0.1, 0.15) is 0 Å². The summed E-state index contributed by atoms with van der Waals surface area (Å²) in [5.41, 5.74) is 0. The Morgan fingerprint density at radius 2 is 1.79 bits per heavy atom. The lowest BCUT2D eigenvalue weighted by Gasteiger charge is -2.23. The van der Waals surface area contributed by atoms with E-state index in [0.717, 1.165) is 19.2 Å². The van der Waals surface area contributed by atoms with Gasteiger partial charge in [-0.15, -0.1) is 0 Å². The number of rotatable bonds is 4. The number of nitrogens with one attached hydrogen (secondary N) is 1. The Morgan fingerprint density at radius 1 is 1.00 bits per heavy atom. The standard InChI is InChI=1S/C12H23NO/c1-2-6-11(5-1)13-9-8-12-7-3-4-10-14-12/h11-13H,1-10H2. The minimum atomic E-state index is 0.553. The van der Waals surface area contributed by atoms with E-state index in [1.165, 1.54) is 51.4 Å². The quantitative estimate of drug-likeness (QED) is 0.747. The van der Waals surface area contributed by atoms with Crippen molar-refractivity contribution in [2.45, 2.75) is 63.5 Å². The molecule has 0 aromatic heterocycles. The van der Waals surface area contributed by atoms with Crippen molar-refractivity contribution in [2.24, 2.45) is 0 Å². The predicted molar refractivity (Wildman–Crippen MR) is 58.5 cm³/mol. The molecule has 1 atom stereocenters. The zero-order valence-electron chi connectivity index (χ0n) is 9.13. The van der Waals surface area contributed by atoms with Gasteiger partial charge in [0, 0.05) is 12.6 Å². The van der Waals surface area contributed by atoms with E-state index < -0.39 is 0 Å². The first kappa shape index (κ1) is 10.4. The fourth-order valence-corrected chi connectivity index (χ4v) is 2.61. The molecule has 0 amide bonds. The highest BCUT2D eigenvalue weighted by atomic mass is 16.5. The van der Waals surface area contributed by atoms with E-state index in [1.54, 1.807) is 0 Å². The van der Waals surface area contributed by atoms with Crippen molar-refractivity contribution >= 4 is 0 Å². The summed E-state index contributed by atoms with van der Waals surface area (Å²) in [5.74, 6) is 0. The minimum Gasteiger partial charge on any atom is -0.378 e. The molecule has 1 unspecified atom stereocenters. The van der Waals surface area contributed by atoms with E-state index in [1.807, 2.05) is 0 Å². The molecule has 0 bridgehead atoms. The average Bonchev–Trinajstić information content (AvgIpc) is 2.72. The van der Waals surface area contributed by atoms with Crippen molar-refractivity contribution in [3.63, 3.8) is 0 Å². The molecular weight excluding hydrogens is 174 g/mol. The van der Waals surface area contributed by atoms with Crippen LogP contribution in [0.15, 0.2) is 0 Å². The van der Waals surface area contributed by atoms with Crippen LogP contribution in [0.1, 0.15) is 51.4 Å². The van der Waals surface area contributed by atoms with Crippen LogP contribution in [0, 0.1) is 0 Å². The van der Waals surface area contributed by atoms with E-state index in [2.05, 4.69) is 5.32 Å². The van der Waals surface area contributed by atoms with Gasteiger partial charge >= 0.3 is 0 Å².